The van der Waals surface area contributed by atoms with Gasteiger partial charge in [0.1, 0.15) is 6.04 Å². The van der Waals surface area contributed by atoms with Gasteiger partial charge in [-0.2, -0.15) is 0 Å². The number of imide groups is 2. The molecule has 8 heteroatoms. The van der Waals surface area contributed by atoms with Crippen LogP contribution in [0, 0.1) is 0 Å². The summed E-state index contributed by atoms with van der Waals surface area (Å²) in [5.41, 5.74) is 1.53. The number of nitrogens with one attached hydrogen (secondary N) is 2. The Bertz CT molecular complexity index is 899. The lowest BCUT2D eigenvalue weighted by molar-refractivity contribution is -0.136. The van der Waals surface area contributed by atoms with Gasteiger partial charge in [0.15, 0.2) is 0 Å². The minimum absolute atomic E-state index is 0.119. The molecule has 30 heavy (non-hydrogen) atoms. The number of hydrogen-bond acceptors (Lipinski definition) is 6. The molecular formula is C22H28N4O4. The van der Waals surface area contributed by atoms with Crippen molar-refractivity contribution in [2.45, 2.75) is 63.2 Å². The molecule has 0 radical (unpaired) electrons. The summed E-state index contributed by atoms with van der Waals surface area (Å²) in [5, 5.41) is 5.60. The molecular weight excluding hydrogens is 384 g/mol. The minimum atomic E-state index is -0.935. The molecule has 4 amide bonds. The second kappa shape index (κ2) is 8.28. The molecule has 2 aliphatic heterocycles. The number of piperidine rings is 1. The van der Waals surface area contributed by atoms with Crippen molar-refractivity contribution in [3.05, 3.63) is 34.9 Å². The Balaban J connectivity index is 1.56. The average Bonchev–Trinajstić information content (AvgIpc) is 2.99. The lowest BCUT2D eigenvalue weighted by Crippen LogP contribution is -2.54. The highest BCUT2D eigenvalue weighted by Gasteiger charge is 2.45. The van der Waals surface area contributed by atoms with Gasteiger partial charge in [0, 0.05) is 25.0 Å². The number of hydrogen-bond donors (Lipinski definition) is 2. The van der Waals surface area contributed by atoms with Gasteiger partial charge < -0.3 is 5.32 Å². The highest BCUT2D eigenvalue weighted by atomic mass is 16.2. The van der Waals surface area contributed by atoms with E-state index in [0.717, 1.165) is 29.7 Å². The van der Waals surface area contributed by atoms with Crippen LogP contribution in [-0.4, -0.2) is 65.6 Å². The molecule has 2 heterocycles. The molecule has 1 saturated heterocycles. The van der Waals surface area contributed by atoms with Gasteiger partial charge in [0.2, 0.25) is 11.8 Å². The molecule has 0 bridgehead atoms. The second-order valence-corrected chi connectivity index (χ2v) is 8.51. The van der Waals surface area contributed by atoms with Gasteiger partial charge in [-0.05, 0) is 51.4 Å². The van der Waals surface area contributed by atoms with Gasteiger partial charge in [-0.25, -0.2) is 0 Å². The predicted octanol–water partition coefficient (Wildman–Crippen LogP) is 1.05. The van der Waals surface area contributed by atoms with Crippen LogP contribution in [0.2, 0.25) is 0 Å². The fraction of sp³-hybridized carbons (Fsp3) is 0.545. The highest BCUT2D eigenvalue weighted by Crippen LogP contribution is 2.31. The second-order valence-electron chi connectivity index (χ2n) is 8.51. The summed E-state index contributed by atoms with van der Waals surface area (Å²) in [7, 11) is 4.05. The average molecular weight is 412 g/mol. The first-order chi connectivity index (χ1) is 14.4. The Hall–Kier alpha value is -2.58. The van der Waals surface area contributed by atoms with Gasteiger partial charge in [-0.1, -0.05) is 18.6 Å². The lowest BCUT2D eigenvalue weighted by Gasteiger charge is -2.35. The van der Waals surface area contributed by atoms with Crippen molar-refractivity contribution in [2.75, 3.05) is 14.1 Å². The largest absolute Gasteiger partial charge is 0.317 e. The van der Waals surface area contributed by atoms with Crippen molar-refractivity contribution in [2.24, 2.45) is 0 Å². The fourth-order valence-electron chi connectivity index (χ4n) is 4.94. The van der Waals surface area contributed by atoms with Crippen LogP contribution in [-0.2, 0) is 16.1 Å². The number of rotatable bonds is 5. The van der Waals surface area contributed by atoms with Crippen molar-refractivity contribution in [3.8, 4) is 0 Å². The number of carbonyl (C=O) groups excluding carboxylic acids is 4. The van der Waals surface area contributed by atoms with Crippen LogP contribution in [0.15, 0.2) is 18.2 Å². The third kappa shape index (κ3) is 3.65. The number of fused-ring (bicyclic) bond motifs is 1. The van der Waals surface area contributed by atoms with E-state index >= 15 is 0 Å². The molecule has 1 aromatic carbocycles. The van der Waals surface area contributed by atoms with Crippen LogP contribution in [0.4, 0.5) is 0 Å². The Labute approximate surface area is 176 Å². The van der Waals surface area contributed by atoms with E-state index in [-0.39, 0.29) is 18.7 Å². The molecule has 3 atom stereocenters. The van der Waals surface area contributed by atoms with Crippen molar-refractivity contribution in [1.82, 2.24) is 20.4 Å². The molecule has 4 rings (SSSR count). The van der Waals surface area contributed by atoms with E-state index in [2.05, 4.69) is 22.6 Å². The molecule has 160 valence electrons. The zero-order valence-electron chi connectivity index (χ0n) is 17.4. The van der Waals surface area contributed by atoms with Gasteiger partial charge in [-0.3, -0.25) is 34.3 Å². The van der Waals surface area contributed by atoms with E-state index in [0.29, 0.717) is 29.8 Å². The SMILES string of the molecule is CNC1CCCC(N(C)Cc2cccc3c2C(=O)N(C2CCC(=O)NC2=O)C3=O)C1. The van der Waals surface area contributed by atoms with Crippen LogP contribution in [0.25, 0.3) is 0 Å². The predicted molar refractivity (Wildman–Crippen MR) is 110 cm³/mol. The zero-order valence-corrected chi connectivity index (χ0v) is 17.4. The van der Waals surface area contributed by atoms with Gasteiger partial charge in [-0.15, -0.1) is 0 Å². The number of carbonyl (C=O) groups is 4. The minimum Gasteiger partial charge on any atom is -0.317 e. The van der Waals surface area contributed by atoms with E-state index in [4.69, 9.17) is 0 Å². The monoisotopic (exact) mass is 412 g/mol. The number of nitrogens with zero attached hydrogens (tertiary/aromatic N) is 2. The van der Waals surface area contributed by atoms with E-state index in [1.54, 1.807) is 12.1 Å². The fourth-order valence-corrected chi connectivity index (χ4v) is 4.94. The van der Waals surface area contributed by atoms with Gasteiger partial charge >= 0.3 is 0 Å². The third-order valence-electron chi connectivity index (χ3n) is 6.65. The topological polar surface area (TPSA) is 98.8 Å². The van der Waals surface area contributed by atoms with Gasteiger partial charge in [0.05, 0.1) is 11.1 Å². The van der Waals surface area contributed by atoms with Crippen LogP contribution >= 0.6 is 0 Å². The molecule has 1 aromatic rings. The Morgan fingerprint density at radius 1 is 1.13 bits per heavy atom. The molecule has 1 aliphatic carbocycles. The summed E-state index contributed by atoms with van der Waals surface area (Å²) in [6.07, 6.45) is 4.78. The summed E-state index contributed by atoms with van der Waals surface area (Å²) in [5.74, 6) is -1.85. The Morgan fingerprint density at radius 3 is 2.67 bits per heavy atom. The molecule has 0 spiro atoms. The molecule has 1 saturated carbocycles. The normalized spacial score (nSPS) is 26.9. The van der Waals surface area contributed by atoms with Crippen LogP contribution in [0.5, 0.6) is 0 Å². The number of amides is 4. The summed E-state index contributed by atoms with van der Waals surface area (Å²) in [6, 6.07) is 5.29. The summed E-state index contributed by atoms with van der Waals surface area (Å²) in [4.78, 5) is 53.2. The van der Waals surface area contributed by atoms with Gasteiger partial charge in [0.25, 0.3) is 11.8 Å². The molecule has 2 N–H and O–H groups in total. The van der Waals surface area contributed by atoms with Crippen molar-refractivity contribution < 1.29 is 19.2 Å². The zero-order chi connectivity index (χ0) is 21.4. The number of benzene rings is 1. The first kappa shape index (κ1) is 20.7. The van der Waals surface area contributed by atoms with E-state index in [1.807, 2.05) is 13.1 Å². The molecule has 3 aliphatic rings. The van der Waals surface area contributed by atoms with E-state index < -0.39 is 23.8 Å². The summed E-state index contributed by atoms with van der Waals surface area (Å²) >= 11 is 0. The molecule has 8 nitrogen and oxygen atoms in total. The Kier molecular flexibility index (Phi) is 5.71. The summed E-state index contributed by atoms with van der Waals surface area (Å²) in [6.45, 7) is 0.562. The van der Waals surface area contributed by atoms with Crippen molar-refractivity contribution in [3.63, 3.8) is 0 Å². The van der Waals surface area contributed by atoms with E-state index in [1.165, 1.54) is 6.42 Å². The maximum Gasteiger partial charge on any atom is 0.262 e. The smallest absolute Gasteiger partial charge is 0.262 e. The highest BCUT2D eigenvalue weighted by molar-refractivity contribution is 6.24. The maximum absolute atomic E-state index is 13.2. The van der Waals surface area contributed by atoms with Crippen LogP contribution in [0.1, 0.15) is 64.8 Å². The summed E-state index contributed by atoms with van der Waals surface area (Å²) < 4.78 is 0. The quantitative estimate of drug-likeness (QED) is 0.702. The van der Waals surface area contributed by atoms with Crippen molar-refractivity contribution >= 4 is 23.6 Å². The molecule has 0 aromatic heterocycles. The van der Waals surface area contributed by atoms with E-state index in [9.17, 15) is 19.2 Å². The first-order valence-corrected chi connectivity index (χ1v) is 10.6. The third-order valence-corrected chi connectivity index (χ3v) is 6.65. The van der Waals surface area contributed by atoms with Crippen LogP contribution < -0.4 is 10.6 Å². The van der Waals surface area contributed by atoms with Crippen molar-refractivity contribution in [1.29, 1.82) is 0 Å². The maximum atomic E-state index is 13.2. The Morgan fingerprint density at radius 2 is 1.93 bits per heavy atom. The standard InChI is InChI=1S/C22H28N4O4/c1-23-14-6-4-7-15(11-14)25(2)12-13-5-3-8-16-19(13)22(30)26(21(16)29)17-9-10-18(27)24-20(17)28/h3,5,8,14-15,17,23H,4,6-7,9-12H2,1-2H3,(H,24,27,28). The first-order valence-electron chi connectivity index (χ1n) is 10.6. The molecule has 2 fully saturated rings. The van der Waals surface area contributed by atoms with Crippen LogP contribution in [0.3, 0.4) is 0 Å². The molecule has 3 unspecified atom stereocenters. The lowest BCUT2D eigenvalue weighted by atomic mass is 9.90.